The predicted molar refractivity (Wildman–Crippen MR) is 80.3 cm³/mol. The quantitative estimate of drug-likeness (QED) is 0.850. The van der Waals surface area contributed by atoms with Crippen molar-refractivity contribution >= 4 is 0 Å². The Bertz CT molecular complexity index is 373. The molecule has 2 rings (SSSR count). The molecule has 3 atom stereocenters. The van der Waals surface area contributed by atoms with E-state index in [4.69, 9.17) is 10.5 Å². The van der Waals surface area contributed by atoms with Crippen LogP contribution in [0, 0.1) is 5.92 Å². The van der Waals surface area contributed by atoms with Crippen molar-refractivity contribution in [2.24, 2.45) is 11.7 Å². The molecular formula is C17H27NO. The van der Waals surface area contributed by atoms with Crippen molar-refractivity contribution < 1.29 is 4.74 Å². The molecule has 0 radical (unpaired) electrons. The molecule has 2 N–H and O–H groups in total. The standard InChI is InChI=1S/C17H27NO/c1-3-13-7-5-6-8-17(13)19-15-11-9-14(10-12-15)16(18)4-2/h9-13,16-17H,3-8,18H2,1-2H3/t13?,16-,17?/m1/s1. The number of hydrogen-bond donors (Lipinski definition) is 1. The molecule has 0 spiro atoms. The van der Waals surface area contributed by atoms with E-state index in [9.17, 15) is 0 Å². The monoisotopic (exact) mass is 261 g/mol. The van der Waals surface area contributed by atoms with Crippen molar-refractivity contribution in [1.29, 1.82) is 0 Å². The molecule has 1 aliphatic carbocycles. The second kappa shape index (κ2) is 6.95. The van der Waals surface area contributed by atoms with Crippen LogP contribution in [0.2, 0.25) is 0 Å². The fourth-order valence-electron chi connectivity index (χ4n) is 3.00. The molecule has 0 amide bonds. The number of nitrogens with two attached hydrogens (primary N) is 1. The van der Waals surface area contributed by atoms with Crippen LogP contribution in [-0.2, 0) is 0 Å². The van der Waals surface area contributed by atoms with Gasteiger partial charge in [-0.05, 0) is 55.7 Å². The van der Waals surface area contributed by atoms with E-state index in [0.717, 1.165) is 18.1 Å². The van der Waals surface area contributed by atoms with E-state index in [2.05, 4.69) is 38.1 Å². The van der Waals surface area contributed by atoms with E-state index < -0.39 is 0 Å². The lowest BCUT2D eigenvalue weighted by Gasteiger charge is -2.31. The van der Waals surface area contributed by atoms with Gasteiger partial charge in [0.15, 0.2) is 0 Å². The van der Waals surface area contributed by atoms with Crippen molar-refractivity contribution in [1.82, 2.24) is 0 Å². The second-order valence-corrected chi connectivity index (χ2v) is 5.69. The molecule has 2 heteroatoms. The van der Waals surface area contributed by atoms with Crippen LogP contribution in [0.3, 0.4) is 0 Å². The van der Waals surface area contributed by atoms with Crippen LogP contribution >= 0.6 is 0 Å². The Kier molecular flexibility index (Phi) is 5.26. The summed E-state index contributed by atoms with van der Waals surface area (Å²) in [4.78, 5) is 0. The molecular weight excluding hydrogens is 234 g/mol. The Hall–Kier alpha value is -1.02. The highest BCUT2D eigenvalue weighted by atomic mass is 16.5. The maximum Gasteiger partial charge on any atom is 0.119 e. The molecule has 1 aromatic carbocycles. The molecule has 1 saturated carbocycles. The average molecular weight is 261 g/mol. The molecule has 106 valence electrons. The highest BCUT2D eigenvalue weighted by Gasteiger charge is 2.25. The topological polar surface area (TPSA) is 35.2 Å². The third kappa shape index (κ3) is 3.73. The normalized spacial score (nSPS) is 25.0. The lowest BCUT2D eigenvalue weighted by atomic mass is 9.85. The molecule has 1 fully saturated rings. The van der Waals surface area contributed by atoms with E-state index >= 15 is 0 Å². The highest BCUT2D eigenvalue weighted by Crippen LogP contribution is 2.30. The van der Waals surface area contributed by atoms with E-state index in [1.54, 1.807) is 0 Å². The van der Waals surface area contributed by atoms with Crippen molar-refractivity contribution in [2.75, 3.05) is 0 Å². The van der Waals surface area contributed by atoms with E-state index in [1.165, 1.54) is 37.7 Å². The smallest absolute Gasteiger partial charge is 0.119 e. The van der Waals surface area contributed by atoms with Gasteiger partial charge in [0, 0.05) is 6.04 Å². The number of rotatable bonds is 5. The maximum absolute atomic E-state index is 6.19. The molecule has 0 heterocycles. The Morgan fingerprint density at radius 1 is 1.16 bits per heavy atom. The van der Waals surface area contributed by atoms with Crippen LogP contribution in [0.25, 0.3) is 0 Å². The summed E-state index contributed by atoms with van der Waals surface area (Å²) in [7, 11) is 0. The summed E-state index contributed by atoms with van der Waals surface area (Å²) in [6.45, 7) is 4.39. The number of ether oxygens (including phenoxy) is 1. The molecule has 0 bridgehead atoms. The summed E-state index contributed by atoms with van der Waals surface area (Å²) >= 11 is 0. The summed E-state index contributed by atoms with van der Waals surface area (Å²) in [5.74, 6) is 1.73. The van der Waals surface area contributed by atoms with Crippen LogP contribution < -0.4 is 10.5 Å². The van der Waals surface area contributed by atoms with Gasteiger partial charge in [-0.25, -0.2) is 0 Å². The van der Waals surface area contributed by atoms with Gasteiger partial charge in [-0.15, -0.1) is 0 Å². The molecule has 0 aliphatic heterocycles. The first-order chi connectivity index (χ1) is 9.24. The Balaban J connectivity index is 1.98. The minimum atomic E-state index is 0.145. The van der Waals surface area contributed by atoms with Gasteiger partial charge in [-0.2, -0.15) is 0 Å². The van der Waals surface area contributed by atoms with E-state index in [-0.39, 0.29) is 6.04 Å². The SMILES string of the molecule is CCC1CCCCC1Oc1ccc([C@H](N)CC)cc1. The van der Waals surface area contributed by atoms with Gasteiger partial charge >= 0.3 is 0 Å². The van der Waals surface area contributed by atoms with Gasteiger partial charge in [-0.3, -0.25) is 0 Å². The third-order valence-corrected chi connectivity index (χ3v) is 4.40. The first kappa shape index (κ1) is 14.4. The van der Waals surface area contributed by atoms with Gasteiger partial charge in [0.2, 0.25) is 0 Å². The van der Waals surface area contributed by atoms with Crippen molar-refractivity contribution in [3.63, 3.8) is 0 Å². The van der Waals surface area contributed by atoms with Gasteiger partial charge < -0.3 is 10.5 Å². The third-order valence-electron chi connectivity index (χ3n) is 4.40. The van der Waals surface area contributed by atoms with Gasteiger partial charge in [0.25, 0.3) is 0 Å². The van der Waals surface area contributed by atoms with Crippen molar-refractivity contribution in [3.8, 4) is 5.75 Å². The van der Waals surface area contributed by atoms with Crippen LogP contribution in [0.15, 0.2) is 24.3 Å². The molecule has 2 unspecified atom stereocenters. The zero-order valence-electron chi connectivity index (χ0n) is 12.3. The molecule has 1 aromatic rings. The maximum atomic E-state index is 6.19. The summed E-state index contributed by atoms with van der Waals surface area (Å²) < 4.78 is 6.19. The van der Waals surface area contributed by atoms with E-state index in [0.29, 0.717) is 6.10 Å². The van der Waals surface area contributed by atoms with Crippen LogP contribution in [-0.4, -0.2) is 6.10 Å². The summed E-state index contributed by atoms with van der Waals surface area (Å²) in [6, 6.07) is 8.51. The van der Waals surface area contributed by atoms with Crippen LogP contribution in [0.1, 0.15) is 64.0 Å². The van der Waals surface area contributed by atoms with Gasteiger partial charge in [-0.1, -0.05) is 32.4 Å². The predicted octanol–water partition coefficient (Wildman–Crippen LogP) is 4.44. The number of benzene rings is 1. The first-order valence-corrected chi connectivity index (χ1v) is 7.76. The average Bonchev–Trinajstić information content (AvgIpc) is 2.48. The Morgan fingerprint density at radius 3 is 2.47 bits per heavy atom. The fraction of sp³-hybridized carbons (Fsp3) is 0.647. The van der Waals surface area contributed by atoms with E-state index in [1.807, 2.05) is 0 Å². The summed E-state index contributed by atoms with van der Waals surface area (Å²) in [5, 5.41) is 0. The lowest BCUT2D eigenvalue weighted by Crippen LogP contribution is -2.29. The Morgan fingerprint density at radius 2 is 1.84 bits per heavy atom. The fourth-order valence-corrected chi connectivity index (χ4v) is 3.00. The summed E-state index contributed by atoms with van der Waals surface area (Å²) in [5.41, 5.74) is 7.23. The molecule has 0 saturated heterocycles. The van der Waals surface area contributed by atoms with Gasteiger partial charge in [0.1, 0.15) is 11.9 Å². The first-order valence-electron chi connectivity index (χ1n) is 7.76. The van der Waals surface area contributed by atoms with Crippen LogP contribution in [0.5, 0.6) is 5.75 Å². The highest BCUT2D eigenvalue weighted by molar-refractivity contribution is 5.29. The second-order valence-electron chi connectivity index (χ2n) is 5.69. The largest absolute Gasteiger partial charge is 0.490 e. The molecule has 2 nitrogen and oxygen atoms in total. The summed E-state index contributed by atoms with van der Waals surface area (Å²) in [6.07, 6.45) is 7.80. The Labute approximate surface area is 117 Å². The molecule has 19 heavy (non-hydrogen) atoms. The van der Waals surface area contributed by atoms with Gasteiger partial charge in [0.05, 0.1) is 0 Å². The lowest BCUT2D eigenvalue weighted by molar-refractivity contribution is 0.0904. The van der Waals surface area contributed by atoms with Crippen LogP contribution in [0.4, 0.5) is 0 Å². The zero-order valence-corrected chi connectivity index (χ0v) is 12.3. The van der Waals surface area contributed by atoms with Crippen molar-refractivity contribution in [3.05, 3.63) is 29.8 Å². The minimum absolute atomic E-state index is 0.145. The number of hydrogen-bond acceptors (Lipinski definition) is 2. The molecule has 1 aliphatic rings. The zero-order chi connectivity index (χ0) is 13.7. The molecule has 0 aromatic heterocycles. The van der Waals surface area contributed by atoms with Crippen molar-refractivity contribution in [2.45, 2.75) is 64.5 Å². The minimum Gasteiger partial charge on any atom is -0.490 e.